The molecule has 3 N–H and O–H groups in total. The number of aromatic nitrogens is 5. The quantitative estimate of drug-likeness (QED) is 0.766. The second-order valence-electron chi connectivity index (χ2n) is 4.48. The van der Waals surface area contributed by atoms with Gasteiger partial charge in [0, 0.05) is 6.61 Å². The minimum atomic E-state index is 0.236. The molecule has 90 valence electrons. The molecular weight excluding hydrogens is 220 g/mol. The van der Waals surface area contributed by atoms with Gasteiger partial charge in [0.15, 0.2) is 17.0 Å². The third-order valence-corrected chi connectivity index (χ3v) is 3.41. The highest BCUT2D eigenvalue weighted by Crippen LogP contribution is 2.35. The number of nitrogens with zero attached hydrogens (tertiary/aromatic N) is 5. The number of nitrogens with two attached hydrogens (primary N) is 1. The van der Waals surface area contributed by atoms with E-state index in [1.807, 2.05) is 4.68 Å². The molecule has 0 aliphatic heterocycles. The van der Waals surface area contributed by atoms with Gasteiger partial charge in [-0.15, -0.1) is 5.10 Å². The number of hydrogen-bond donors (Lipinski definition) is 2. The molecule has 2 atom stereocenters. The number of aliphatic hydroxyl groups is 1. The van der Waals surface area contributed by atoms with Gasteiger partial charge >= 0.3 is 0 Å². The van der Waals surface area contributed by atoms with Crippen molar-refractivity contribution in [3.05, 3.63) is 6.33 Å². The third-order valence-electron chi connectivity index (χ3n) is 3.41. The van der Waals surface area contributed by atoms with E-state index in [0.717, 1.165) is 19.3 Å². The number of hydrogen-bond acceptors (Lipinski definition) is 6. The van der Waals surface area contributed by atoms with Crippen LogP contribution in [0.2, 0.25) is 0 Å². The van der Waals surface area contributed by atoms with Crippen LogP contribution >= 0.6 is 0 Å². The lowest BCUT2D eigenvalue weighted by atomic mass is 10.1. The van der Waals surface area contributed by atoms with E-state index in [9.17, 15) is 0 Å². The summed E-state index contributed by atoms with van der Waals surface area (Å²) in [5, 5.41) is 17.3. The Morgan fingerprint density at radius 3 is 3.06 bits per heavy atom. The normalized spacial score (nSPS) is 24.5. The lowest BCUT2D eigenvalue weighted by Crippen LogP contribution is -2.09. The van der Waals surface area contributed by atoms with Crippen LogP contribution in [0.3, 0.4) is 0 Å². The van der Waals surface area contributed by atoms with E-state index in [2.05, 4.69) is 20.3 Å². The predicted molar refractivity (Wildman–Crippen MR) is 61.0 cm³/mol. The van der Waals surface area contributed by atoms with Gasteiger partial charge in [-0.25, -0.2) is 14.6 Å². The highest BCUT2D eigenvalue weighted by molar-refractivity contribution is 5.80. The Kier molecular flexibility index (Phi) is 2.40. The molecule has 2 aromatic heterocycles. The molecule has 2 heterocycles. The van der Waals surface area contributed by atoms with Crippen LogP contribution in [0.25, 0.3) is 11.2 Å². The maximum absolute atomic E-state index is 9.15. The van der Waals surface area contributed by atoms with Gasteiger partial charge < -0.3 is 10.8 Å². The molecule has 1 aliphatic rings. The molecule has 1 saturated carbocycles. The molecule has 0 radical (unpaired) electrons. The van der Waals surface area contributed by atoms with Crippen LogP contribution in [0.15, 0.2) is 6.33 Å². The standard InChI is InChI=1S/C10H14N6O/c11-9-8-10(13-5-12-9)16(15-14-8)7-2-1-6(3-7)4-17/h5-7,17H,1-4H2,(H2,11,12,13)/t6-,7+/m0/s1. The first-order chi connectivity index (χ1) is 8.29. The monoisotopic (exact) mass is 234 g/mol. The van der Waals surface area contributed by atoms with E-state index in [0.29, 0.717) is 22.9 Å². The van der Waals surface area contributed by atoms with Gasteiger partial charge in [-0.3, -0.25) is 0 Å². The number of nitrogen functional groups attached to an aromatic ring is 1. The first-order valence-electron chi connectivity index (χ1n) is 5.72. The molecule has 1 aliphatic carbocycles. The molecule has 0 aromatic carbocycles. The fourth-order valence-electron chi connectivity index (χ4n) is 2.46. The summed E-state index contributed by atoms with van der Waals surface area (Å²) in [6.45, 7) is 0.236. The van der Waals surface area contributed by atoms with Crippen molar-refractivity contribution in [3.8, 4) is 0 Å². The minimum absolute atomic E-state index is 0.236. The predicted octanol–water partition coefficient (Wildman–Crippen LogP) is 0.137. The van der Waals surface area contributed by atoms with Crippen LogP contribution in [0.1, 0.15) is 25.3 Å². The molecule has 2 aromatic rings. The smallest absolute Gasteiger partial charge is 0.184 e. The number of anilines is 1. The Morgan fingerprint density at radius 2 is 2.29 bits per heavy atom. The molecule has 0 spiro atoms. The van der Waals surface area contributed by atoms with Gasteiger partial charge in [0.25, 0.3) is 0 Å². The van der Waals surface area contributed by atoms with Crippen LogP contribution < -0.4 is 5.73 Å². The summed E-state index contributed by atoms with van der Waals surface area (Å²) in [5.74, 6) is 0.719. The highest BCUT2D eigenvalue weighted by Gasteiger charge is 2.28. The number of aliphatic hydroxyl groups excluding tert-OH is 1. The van der Waals surface area contributed by atoms with Crippen LogP contribution in [-0.4, -0.2) is 36.7 Å². The van der Waals surface area contributed by atoms with Crippen LogP contribution in [-0.2, 0) is 0 Å². The second kappa shape index (κ2) is 3.92. The van der Waals surface area contributed by atoms with Crippen molar-refractivity contribution in [2.75, 3.05) is 12.3 Å². The first kappa shape index (κ1) is 10.4. The molecule has 7 nitrogen and oxygen atoms in total. The van der Waals surface area contributed by atoms with Crippen molar-refractivity contribution >= 4 is 17.0 Å². The van der Waals surface area contributed by atoms with Gasteiger partial charge in [0.1, 0.15) is 6.33 Å². The van der Waals surface area contributed by atoms with Crippen LogP contribution in [0.5, 0.6) is 0 Å². The molecular formula is C10H14N6O. The second-order valence-corrected chi connectivity index (χ2v) is 4.48. The van der Waals surface area contributed by atoms with E-state index in [-0.39, 0.29) is 12.6 Å². The van der Waals surface area contributed by atoms with Crippen LogP contribution in [0, 0.1) is 5.92 Å². The van der Waals surface area contributed by atoms with Gasteiger partial charge in [0.05, 0.1) is 6.04 Å². The average Bonchev–Trinajstić information content (AvgIpc) is 2.94. The van der Waals surface area contributed by atoms with Crippen molar-refractivity contribution in [2.45, 2.75) is 25.3 Å². The summed E-state index contributed by atoms with van der Waals surface area (Å²) < 4.78 is 1.81. The zero-order chi connectivity index (χ0) is 11.8. The van der Waals surface area contributed by atoms with Crippen molar-refractivity contribution in [1.29, 1.82) is 0 Å². The molecule has 3 rings (SSSR count). The largest absolute Gasteiger partial charge is 0.396 e. The molecule has 7 heteroatoms. The molecule has 0 unspecified atom stereocenters. The Morgan fingerprint density at radius 1 is 1.41 bits per heavy atom. The summed E-state index contributed by atoms with van der Waals surface area (Å²) in [6.07, 6.45) is 4.35. The lowest BCUT2D eigenvalue weighted by molar-refractivity contribution is 0.225. The maximum atomic E-state index is 9.15. The Hall–Kier alpha value is -1.76. The van der Waals surface area contributed by atoms with E-state index in [4.69, 9.17) is 10.8 Å². The van der Waals surface area contributed by atoms with Crippen molar-refractivity contribution in [3.63, 3.8) is 0 Å². The summed E-state index contributed by atoms with van der Waals surface area (Å²) in [5.41, 5.74) is 6.95. The van der Waals surface area contributed by atoms with Gasteiger partial charge in [-0.05, 0) is 25.2 Å². The number of fused-ring (bicyclic) bond motifs is 1. The van der Waals surface area contributed by atoms with Crippen molar-refractivity contribution in [2.24, 2.45) is 5.92 Å². The topological polar surface area (TPSA) is 103 Å². The Balaban J connectivity index is 1.99. The van der Waals surface area contributed by atoms with Crippen molar-refractivity contribution in [1.82, 2.24) is 25.0 Å². The van der Waals surface area contributed by atoms with Gasteiger partial charge in [0.2, 0.25) is 0 Å². The molecule has 17 heavy (non-hydrogen) atoms. The zero-order valence-corrected chi connectivity index (χ0v) is 9.32. The average molecular weight is 234 g/mol. The van der Waals surface area contributed by atoms with Gasteiger partial charge in [-0.1, -0.05) is 5.21 Å². The first-order valence-corrected chi connectivity index (χ1v) is 5.72. The van der Waals surface area contributed by atoms with Gasteiger partial charge in [-0.2, -0.15) is 0 Å². The van der Waals surface area contributed by atoms with E-state index >= 15 is 0 Å². The van der Waals surface area contributed by atoms with E-state index in [1.54, 1.807) is 0 Å². The highest BCUT2D eigenvalue weighted by atomic mass is 16.3. The minimum Gasteiger partial charge on any atom is -0.396 e. The Labute approximate surface area is 97.7 Å². The fraction of sp³-hybridized carbons (Fsp3) is 0.600. The summed E-state index contributed by atoms with van der Waals surface area (Å²) in [7, 11) is 0. The SMILES string of the molecule is Nc1ncnc2c1nnn2[C@@H]1CC[C@H](CO)C1. The van der Waals surface area contributed by atoms with E-state index in [1.165, 1.54) is 6.33 Å². The zero-order valence-electron chi connectivity index (χ0n) is 9.32. The van der Waals surface area contributed by atoms with Crippen molar-refractivity contribution < 1.29 is 5.11 Å². The number of rotatable bonds is 2. The lowest BCUT2D eigenvalue weighted by Gasteiger charge is -2.10. The third kappa shape index (κ3) is 1.62. The molecule has 0 bridgehead atoms. The molecule has 0 saturated heterocycles. The molecule has 0 amide bonds. The summed E-state index contributed by atoms with van der Waals surface area (Å²) >= 11 is 0. The molecule has 1 fully saturated rings. The Bertz CT molecular complexity index is 539. The summed E-state index contributed by atoms with van der Waals surface area (Å²) in [6, 6.07) is 0.256. The summed E-state index contributed by atoms with van der Waals surface area (Å²) in [4.78, 5) is 8.07. The maximum Gasteiger partial charge on any atom is 0.184 e. The van der Waals surface area contributed by atoms with Crippen LogP contribution in [0.4, 0.5) is 5.82 Å². The van der Waals surface area contributed by atoms with E-state index < -0.39 is 0 Å². The fourth-order valence-corrected chi connectivity index (χ4v) is 2.46.